The zero-order valence-electron chi connectivity index (χ0n) is 21.4. The fraction of sp³-hybridized carbons (Fsp3) is 0.259. The van der Waals surface area contributed by atoms with Gasteiger partial charge in [-0.3, -0.25) is 9.10 Å². The van der Waals surface area contributed by atoms with Gasteiger partial charge in [0.05, 0.1) is 30.5 Å². The van der Waals surface area contributed by atoms with Crippen molar-refractivity contribution in [3.63, 3.8) is 0 Å². The summed E-state index contributed by atoms with van der Waals surface area (Å²) in [6.45, 7) is 5.07. The Balaban J connectivity index is 1.92. The number of hydrazone groups is 1. The molecule has 0 fully saturated rings. The largest absolute Gasteiger partial charge is 0.493 e. The van der Waals surface area contributed by atoms with Gasteiger partial charge in [-0.2, -0.15) is 5.10 Å². The van der Waals surface area contributed by atoms with Gasteiger partial charge < -0.3 is 9.47 Å². The summed E-state index contributed by atoms with van der Waals surface area (Å²) in [5.41, 5.74) is 5.78. The van der Waals surface area contributed by atoms with Crippen molar-refractivity contribution in [3.8, 4) is 11.5 Å². The zero-order valence-corrected chi connectivity index (χ0v) is 23.0. The Morgan fingerprint density at radius 1 is 0.973 bits per heavy atom. The van der Waals surface area contributed by atoms with E-state index in [0.29, 0.717) is 28.7 Å². The second-order valence-corrected chi connectivity index (χ2v) is 10.5. The maximum absolute atomic E-state index is 13.6. The van der Waals surface area contributed by atoms with Gasteiger partial charge in [0.2, 0.25) is 0 Å². The predicted octanol–water partition coefficient (Wildman–Crippen LogP) is 5.10. The maximum Gasteiger partial charge on any atom is 0.264 e. The van der Waals surface area contributed by atoms with Gasteiger partial charge in [0, 0.05) is 10.6 Å². The van der Waals surface area contributed by atoms with Gasteiger partial charge in [-0.15, -0.1) is 0 Å². The lowest BCUT2D eigenvalue weighted by molar-refractivity contribution is -0.119. The average molecular weight is 544 g/mol. The van der Waals surface area contributed by atoms with Gasteiger partial charge in [0.25, 0.3) is 15.9 Å². The number of sulfonamides is 1. The van der Waals surface area contributed by atoms with E-state index < -0.39 is 22.5 Å². The first kappa shape index (κ1) is 28.0. The summed E-state index contributed by atoms with van der Waals surface area (Å²) in [6.07, 6.45) is 0.509. The summed E-state index contributed by atoms with van der Waals surface area (Å²) in [5, 5.41) is 4.65. The number of carbonyl (C=O) groups is 1. The normalized spacial score (nSPS) is 11.7. The number of anilines is 1. The molecule has 3 rings (SSSR count). The number of halogens is 1. The minimum atomic E-state index is -4.07. The Hall–Kier alpha value is -3.56. The quantitative estimate of drug-likeness (QED) is 0.283. The summed E-state index contributed by atoms with van der Waals surface area (Å²) in [7, 11) is -0.993. The van der Waals surface area contributed by atoms with Crippen LogP contribution in [0.3, 0.4) is 0 Å². The number of methoxy groups -OCH3 is 2. The molecule has 0 aromatic heterocycles. The molecule has 37 heavy (non-hydrogen) atoms. The summed E-state index contributed by atoms with van der Waals surface area (Å²) in [4.78, 5) is 13.0. The Morgan fingerprint density at radius 2 is 1.65 bits per heavy atom. The van der Waals surface area contributed by atoms with Crippen LogP contribution in [0.25, 0.3) is 0 Å². The number of nitrogens with zero attached hydrogens (tertiary/aromatic N) is 2. The SMILES string of the molecule is CC/C(=N/NC(=O)CN(c1ccc(C)c(Cl)c1)S(=O)(=O)c1ccc(C)cc1)c1ccc(OC)c(OC)c1. The number of benzene rings is 3. The van der Waals surface area contributed by atoms with E-state index in [4.69, 9.17) is 21.1 Å². The van der Waals surface area contributed by atoms with E-state index in [9.17, 15) is 13.2 Å². The second-order valence-electron chi connectivity index (χ2n) is 8.28. The third-order valence-electron chi connectivity index (χ3n) is 5.71. The Morgan fingerprint density at radius 3 is 2.24 bits per heavy atom. The molecule has 0 saturated carbocycles. The number of carbonyl (C=O) groups excluding carboxylic acids is 1. The van der Waals surface area contributed by atoms with Crippen LogP contribution in [0.4, 0.5) is 5.69 Å². The molecule has 0 bridgehead atoms. The highest BCUT2D eigenvalue weighted by atomic mass is 35.5. The summed E-state index contributed by atoms with van der Waals surface area (Å²) in [5.74, 6) is 0.484. The Bertz CT molecular complexity index is 1410. The van der Waals surface area contributed by atoms with Gasteiger partial charge >= 0.3 is 0 Å². The number of aryl methyl sites for hydroxylation is 2. The maximum atomic E-state index is 13.6. The fourth-order valence-electron chi connectivity index (χ4n) is 3.55. The van der Waals surface area contributed by atoms with E-state index in [1.54, 1.807) is 49.6 Å². The van der Waals surface area contributed by atoms with Crippen LogP contribution in [0.15, 0.2) is 70.7 Å². The first-order chi connectivity index (χ1) is 17.6. The van der Waals surface area contributed by atoms with Crippen LogP contribution in [-0.2, 0) is 14.8 Å². The fourth-order valence-corrected chi connectivity index (χ4v) is 5.14. The topological polar surface area (TPSA) is 97.3 Å². The minimum Gasteiger partial charge on any atom is -0.493 e. The second kappa shape index (κ2) is 12.1. The number of rotatable bonds is 10. The van der Waals surface area contributed by atoms with Gasteiger partial charge in [0.15, 0.2) is 11.5 Å². The lowest BCUT2D eigenvalue weighted by atomic mass is 10.1. The zero-order chi connectivity index (χ0) is 27.2. The minimum absolute atomic E-state index is 0.0608. The molecular weight excluding hydrogens is 514 g/mol. The average Bonchev–Trinajstić information content (AvgIpc) is 2.89. The molecule has 0 radical (unpaired) electrons. The first-order valence-electron chi connectivity index (χ1n) is 11.5. The van der Waals surface area contributed by atoms with Crippen LogP contribution in [0.5, 0.6) is 11.5 Å². The van der Waals surface area contributed by atoms with Crippen LogP contribution in [0.1, 0.15) is 30.0 Å². The van der Waals surface area contributed by atoms with E-state index >= 15 is 0 Å². The molecule has 3 aromatic carbocycles. The van der Waals surface area contributed by atoms with Crippen LogP contribution in [0.2, 0.25) is 5.02 Å². The highest BCUT2D eigenvalue weighted by molar-refractivity contribution is 7.92. The van der Waals surface area contributed by atoms with Crippen LogP contribution >= 0.6 is 11.6 Å². The molecule has 0 unspecified atom stereocenters. The van der Waals surface area contributed by atoms with Gasteiger partial charge in [0.1, 0.15) is 6.54 Å². The van der Waals surface area contributed by atoms with E-state index in [1.165, 1.54) is 25.3 Å². The number of hydrogen-bond donors (Lipinski definition) is 1. The highest BCUT2D eigenvalue weighted by Crippen LogP contribution is 2.29. The molecule has 0 atom stereocenters. The number of nitrogens with one attached hydrogen (secondary N) is 1. The molecule has 196 valence electrons. The standard InChI is InChI=1S/C27H30ClN3O5S/c1-6-24(20-10-14-25(35-4)26(15-20)36-5)29-30-27(32)17-31(21-11-9-19(3)23(28)16-21)37(33,34)22-12-7-18(2)8-13-22/h7-16H,6,17H2,1-5H3,(H,30,32)/b29-24-. The number of hydrogen-bond acceptors (Lipinski definition) is 6. The summed E-state index contributed by atoms with van der Waals surface area (Å²) < 4.78 is 38.8. The molecule has 0 aliphatic rings. The van der Waals surface area contributed by atoms with Crippen molar-refractivity contribution >= 4 is 38.9 Å². The molecule has 0 heterocycles. The van der Waals surface area contributed by atoms with Crippen LogP contribution in [0, 0.1) is 13.8 Å². The van der Waals surface area contributed by atoms with Crippen LogP contribution in [-0.4, -0.2) is 40.8 Å². The van der Waals surface area contributed by atoms with Gasteiger partial charge in [-0.1, -0.05) is 42.3 Å². The van der Waals surface area contributed by atoms with E-state index in [2.05, 4.69) is 10.5 Å². The number of ether oxygens (including phenoxy) is 2. The molecule has 1 amide bonds. The molecule has 1 N–H and O–H groups in total. The molecule has 10 heteroatoms. The molecule has 0 aliphatic carbocycles. The molecule has 0 saturated heterocycles. The van der Waals surface area contributed by atoms with Crippen molar-refractivity contribution < 1.29 is 22.7 Å². The third-order valence-corrected chi connectivity index (χ3v) is 7.90. The highest BCUT2D eigenvalue weighted by Gasteiger charge is 2.27. The van der Waals surface area contributed by atoms with E-state index in [1.807, 2.05) is 20.8 Å². The van der Waals surface area contributed by atoms with E-state index in [-0.39, 0.29) is 10.6 Å². The lowest BCUT2D eigenvalue weighted by Crippen LogP contribution is -2.39. The van der Waals surface area contributed by atoms with Gasteiger partial charge in [-0.05, 0) is 68.3 Å². The first-order valence-corrected chi connectivity index (χ1v) is 13.4. The molecule has 3 aromatic rings. The van der Waals surface area contributed by atoms with E-state index in [0.717, 1.165) is 21.0 Å². The lowest BCUT2D eigenvalue weighted by Gasteiger charge is -2.24. The van der Waals surface area contributed by atoms with Crippen LogP contribution < -0.4 is 19.2 Å². The predicted molar refractivity (Wildman–Crippen MR) is 146 cm³/mol. The number of amides is 1. The molecule has 0 aliphatic heterocycles. The van der Waals surface area contributed by atoms with Crippen molar-refractivity contribution in [1.29, 1.82) is 0 Å². The summed E-state index contributed by atoms with van der Waals surface area (Å²) in [6, 6.07) is 16.6. The third kappa shape index (κ3) is 6.61. The Kier molecular flexibility index (Phi) is 9.18. The summed E-state index contributed by atoms with van der Waals surface area (Å²) >= 11 is 6.28. The molecule has 0 spiro atoms. The van der Waals surface area contributed by atoms with Crippen molar-refractivity contribution in [2.24, 2.45) is 5.10 Å². The monoisotopic (exact) mass is 543 g/mol. The van der Waals surface area contributed by atoms with Crippen molar-refractivity contribution in [3.05, 3.63) is 82.4 Å². The molecule has 8 nitrogen and oxygen atoms in total. The smallest absolute Gasteiger partial charge is 0.264 e. The Labute approximate surface area is 222 Å². The van der Waals surface area contributed by atoms with Crippen molar-refractivity contribution in [2.45, 2.75) is 32.1 Å². The van der Waals surface area contributed by atoms with Crippen molar-refractivity contribution in [2.75, 3.05) is 25.1 Å². The molecular formula is C27H30ClN3O5S. The van der Waals surface area contributed by atoms with Gasteiger partial charge in [-0.25, -0.2) is 13.8 Å². The van der Waals surface area contributed by atoms with Crippen molar-refractivity contribution in [1.82, 2.24) is 5.43 Å².